The fraction of sp³-hybridized carbons (Fsp3) is 0.133. The first-order chi connectivity index (χ1) is 9.45. The predicted octanol–water partition coefficient (Wildman–Crippen LogP) is 3.92. The number of para-hydroxylation sites is 1. The fourth-order valence-electron chi connectivity index (χ4n) is 1.96. The topological polar surface area (TPSA) is 55.1 Å². The number of carbonyl (C=O) groups is 1. The van der Waals surface area contributed by atoms with Gasteiger partial charge in [0.05, 0.1) is 0 Å². The summed E-state index contributed by atoms with van der Waals surface area (Å²) >= 11 is 9.64. The third kappa shape index (κ3) is 2.81. The van der Waals surface area contributed by atoms with E-state index >= 15 is 0 Å². The molecule has 104 valence electrons. The number of halogens is 2. The molecule has 0 spiro atoms. The second-order valence-corrected chi connectivity index (χ2v) is 5.84. The van der Waals surface area contributed by atoms with Crippen molar-refractivity contribution in [2.75, 3.05) is 5.32 Å². The largest absolute Gasteiger partial charge is 0.367 e. The third-order valence-corrected chi connectivity index (χ3v) is 4.18. The minimum absolute atomic E-state index is 0.494. The standard InChI is InChI=1S/C15H14BrClN2O/c1-15(14(18)20,10-6-2-4-8-12(10)17)19-13-9-5-3-7-11(13)16/h2-9,19H,1H3,(H2,18,20). The SMILES string of the molecule is CC(Nc1ccccc1Br)(C(N)=O)c1ccccc1Cl. The minimum Gasteiger partial charge on any atom is -0.367 e. The lowest BCUT2D eigenvalue weighted by molar-refractivity contribution is -0.122. The summed E-state index contributed by atoms with van der Waals surface area (Å²) in [7, 11) is 0. The van der Waals surface area contributed by atoms with Crippen LogP contribution in [0.3, 0.4) is 0 Å². The van der Waals surface area contributed by atoms with E-state index in [1.165, 1.54) is 0 Å². The number of rotatable bonds is 4. The summed E-state index contributed by atoms with van der Waals surface area (Å²) in [5.74, 6) is -0.499. The van der Waals surface area contributed by atoms with Crippen molar-refractivity contribution in [3.05, 3.63) is 63.6 Å². The van der Waals surface area contributed by atoms with E-state index in [4.69, 9.17) is 17.3 Å². The van der Waals surface area contributed by atoms with Crippen LogP contribution in [-0.2, 0) is 10.3 Å². The first-order valence-electron chi connectivity index (χ1n) is 6.03. The Kier molecular flexibility index (Phi) is 4.35. The zero-order valence-electron chi connectivity index (χ0n) is 10.9. The Balaban J connectivity index is 2.49. The van der Waals surface area contributed by atoms with Gasteiger partial charge in [-0.25, -0.2) is 0 Å². The Hall–Kier alpha value is -1.52. The van der Waals surface area contributed by atoms with Crippen molar-refractivity contribution in [3.8, 4) is 0 Å². The van der Waals surface area contributed by atoms with E-state index in [1.54, 1.807) is 19.1 Å². The second-order valence-electron chi connectivity index (χ2n) is 4.57. The highest BCUT2D eigenvalue weighted by molar-refractivity contribution is 9.10. The molecule has 0 heterocycles. The summed E-state index contributed by atoms with van der Waals surface area (Å²) in [6.07, 6.45) is 0. The molecule has 0 radical (unpaired) electrons. The summed E-state index contributed by atoms with van der Waals surface area (Å²) in [6.45, 7) is 1.72. The van der Waals surface area contributed by atoms with Gasteiger partial charge < -0.3 is 11.1 Å². The van der Waals surface area contributed by atoms with Crippen molar-refractivity contribution in [2.45, 2.75) is 12.5 Å². The monoisotopic (exact) mass is 352 g/mol. The Morgan fingerprint density at radius 1 is 1.20 bits per heavy atom. The predicted molar refractivity (Wildman–Crippen MR) is 85.8 cm³/mol. The molecule has 0 aliphatic carbocycles. The molecule has 0 bridgehead atoms. The first-order valence-corrected chi connectivity index (χ1v) is 7.20. The highest BCUT2D eigenvalue weighted by Gasteiger charge is 2.35. The zero-order chi connectivity index (χ0) is 14.8. The van der Waals surface area contributed by atoms with Gasteiger partial charge in [-0.05, 0) is 41.1 Å². The smallest absolute Gasteiger partial charge is 0.247 e. The van der Waals surface area contributed by atoms with Gasteiger partial charge in [-0.15, -0.1) is 0 Å². The van der Waals surface area contributed by atoms with Crippen LogP contribution < -0.4 is 11.1 Å². The number of amides is 1. The van der Waals surface area contributed by atoms with Crippen molar-refractivity contribution in [2.24, 2.45) is 5.73 Å². The molecule has 5 heteroatoms. The molecule has 0 fully saturated rings. The van der Waals surface area contributed by atoms with Crippen molar-refractivity contribution in [1.82, 2.24) is 0 Å². The average Bonchev–Trinajstić information content (AvgIpc) is 2.41. The van der Waals surface area contributed by atoms with Gasteiger partial charge in [0, 0.05) is 20.7 Å². The molecule has 20 heavy (non-hydrogen) atoms. The van der Waals surface area contributed by atoms with E-state index in [0.717, 1.165) is 10.2 Å². The Labute approximate surface area is 131 Å². The normalized spacial score (nSPS) is 13.6. The molecule has 0 saturated heterocycles. The number of primary amides is 1. The summed E-state index contributed by atoms with van der Waals surface area (Å²) in [6, 6.07) is 14.7. The van der Waals surface area contributed by atoms with Crippen LogP contribution in [0.15, 0.2) is 53.0 Å². The quantitative estimate of drug-likeness (QED) is 0.875. The van der Waals surface area contributed by atoms with Gasteiger partial charge in [0.2, 0.25) is 5.91 Å². The Bertz CT molecular complexity index is 647. The van der Waals surface area contributed by atoms with E-state index in [0.29, 0.717) is 10.6 Å². The lowest BCUT2D eigenvalue weighted by Crippen LogP contribution is -2.45. The van der Waals surface area contributed by atoms with E-state index in [9.17, 15) is 4.79 Å². The van der Waals surface area contributed by atoms with Crippen LogP contribution >= 0.6 is 27.5 Å². The van der Waals surface area contributed by atoms with Crippen LogP contribution in [-0.4, -0.2) is 5.91 Å². The highest BCUT2D eigenvalue weighted by atomic mass is 79.9. The van der Waals surface area contributed by atoms with Crippen LogP contribution in [0.1, 0.15) is 12.5 Å². The van der Waals surface area contributed by atoms with Crippen LogP contribution in [0, 0.1) is 0 Å². The van der Waals surface area contributed by atoms with Crippen LogP contribution in [0.4, 0.5) is 5.69 Å². The molecule has 1 unspecified atom stereocenters. The average molecular weight is 354 g/mol. The molecule has 0 aromatic heterocycles. The van der Waals surface area contributed by atoms with Gasteiger partial charge in [0.15, 0.2) is 0 Å². The van der Waals surface area contributed by atoms with Crippen LogP contribution in [0.25, 0.3) is 0 Å². The van der Waals surface area contributed by atoms with Crippen molar-refractivity contribution in [1.29, 1.82) is 0 Å². The van der Waals surface area contributed by atoms with Gasteiger partial charge in [-0.3, -0.25) is 4.79 Å². The number of carbonyl (C=O) groups excluding carboxylic acids is 1. The molecule has 2 aromatic rings. The fourth-order valence-corrected chi connectivity index (χ4v) is 2.67. The maximum Gasteiger partial charge on any atom is 0.247 e. The van der Waals surface area contributed by atoms with E-state index in [1.807, 2.05) is 36.4 Å². The van der Waals surface area contributed by atoms with Crippen LogP contribution in [0.5, 0.6) is 0 Å². The number of nitrogens with one attached hydrogen (secondary N) is 1. The Morgan fingerprint density at radius 3 is 2.40 bits per heavy atom. The maximum atomic E-state index is 12.0. The molecular formula is C15H14BrClN2O. The molecule has 3 N–H and O–H groups in total. The number of nitrogens with two attached hydrogens (primary N) is 1. The lowest BCUT2D eigenvalue weighted by atomic mass is 9.90. The number of hydrogen-bond donors (Lipinski definition) is 2. The highest BCUT2D eigenvalue weighted by Crippen LogP contribution is 2.33. The maximum absolute atomic E-state index is 12.0. The molecule has 1 amide bonds. The molecule has 0 aliphatic rings. The van der Waals surface area contributed by atoms with E-state index < -0.39 is 11.4 Å². The third-order valence-electron chi connectivity index (χ3n) is 3.16. The summed E-state index contributed by atoms with van der Waals surface area (Å²) in [4.78, 5) is 12.0. The van der Waals surface area contributed by atoms with E-state index in [2.05, 4.69) is 21.2 Å². The van der Waals surface area contributed by atoms with Gasteiger partial charge >= 0.3 is 0 Å². The number of hydrogen-bond acceptors (Lipinski definition) is 2. The summed E-state index contributed by atoms with van der Waals surface area (Å²) < 4.78 is 0.847. The molecule has 2 rings (SSSR count). The van der Waals surface area contributed by atoms with Gasteiger partial charge in [-0.1, -0.05) is 41.9 Å². The molecule has 1 atom stereocenters. The molecule has 0 saturated carbocycles. The first kappa shape index (κ1) is 14.9. The molecule has 3 nitrogen and oxygen atoms in total. The second kappa shape index (κ2) is 5.85. The van der Waals surface area contributed by atoms with Crippen molar-refractivity contribution in [3.63, 3.8) is 0 Å². The molecule has 2 aromatic carbocycles. The van der Waals surface area contributed by atoms with Crippen molar-refractivity contribution < 1.29 is 4.79 Å². The summed E-state index contributed by atoms with van der Waals surface area (Å²) in [5, 5.41) is 3.67. The lowest BCUT2D eigenvalue weighted by Gasteiger charge is -2.30. The van der Waals surface area contributed by atoms with Crippen molar-refractivity contribution >= 4 is 39.1 Å². The Morgan fingerprint density at radius 2 is 1.80 bits per heavy atom. The molecule has 0 aliphatic heterocycles. The molecular weight excluding hydrogens is 340 g/mol. The van der Waals surface area contributed by atoms with Crippen LogP contribution in [0.2, 0.25) is 5.02 Å². The van der Waals surface area contributed by atoms with Gasteiger partial charge in [0.1, 0.15) is 5.54 Å². The summed E-state index contributed by atoms with van der Waals surface area (Å²) in [5.41, 5.74) is 5.91. The number of benzene rings is 2. The minimum atomic E-state index is -1.10. The van der Waals surface area contributed by atoms with Gasteiger partial charge in [-0.2, -0.15) is 0 Å². The number of anilines is 1. The van der Waals surface area contributed by atoms with Gasteiger partial charge in [0.25, 0.3) is 0 Å². The zero-order valence-corrected chi connectivity index (χ0v) is 13.2. The van der Waals surface area contributed by atoms with E-state index in [-0.39, 0.29) is 0 Å².